The van der Waals surface area contributed by atoms with Gasteiger partial charge in [0.15, 0.2) is 5.88 Å². The average molecular weight is 1390 g/mol. The lowest BCUT2D eigenvalue weighted by Gasteiger charge is -2.25. The molecule has 7 atom stereocenters. The molecule has 2 saturated heterocycles. The number of hydrogen-bond donors (Lipinski definition) is 6. The number of carbonyl (C=O) groups is 6. The molecule has 3 fully saturated rings. The van der Waals surface area contributed by atoms with Crippen LogP contribution in [0.25, 0.3) is 0 Å². The SMILES string of the molecule is CCCCCC(O)c1ccc(N2C(=O)CC[C@@H]2CCCc2ccc(C(=O)OC(C)C)s2)cc1.CCCCCC(O)c1ccc(N2C(=O)CC[C@@H]2CCCc2ccc(C(=O)OCCO)s2)cc1.CCCOC(=O)c1ccc(CCCC2C(O)CC(=O)[C@@H]2CCc2cc(O)[nH]c(=O)c2)s1. The Morgan fingerprint density at radius 3 is 1.47 bits per heavy atom. The van der Waals surface area contributed by atoms with E-state index in [1.54, 1.807) is 12.1 Å². The zero-order valence-corrected chi connectivity index (χ0v) is 59.5. The minimum absolute atomic E-state index is 0.0103. The fourth-order valence-corrected chi connectivity index (χ4v) is 15.8. The molecule has 21 heteroatoms. The third-order valence-corrected chi connectivity index (χ3v) is 21.3. The lowest BCUT2D eigenvalue weighted by atomic mass is 9.85. The number of benzene rings is 2. The number of anilines is 2. The van der Waals surface area contributed by atoms with E-state index < -0.39 is 24.3 Å². The van der Waals surface area contributed by atoms with Gasteiger partial charge in [-0.25, -0.2) is 14.4 Å². The molecule has 1 aliphatic carbocycles. The van der Waals surface area contributed by atoms with E-state index in [0.717, 1.165) is 154 Å². The Labute approximate surface area is 583 Å². The smallest absolute Gasteiger partial charge is 0.348 e. The lowest BCUT2D eigenvalue weighted by Crippen LogP contribution is -2.32. The summed E-state index contributed by atoms with van der Waals surface area (Å²) in [5.74, 6) is -1.11. The minimum Gasteiger partial charge on any atom is -0.495 e. The number of ketones is 1. The van der Waals surface area contributed by atoms with Crippen LogP contribution in [0, 0.1) is 11.8 Å². The zero-order chi connectivity index (χ0) is 69.8. The van der Waals surface area contributed by atoms with E-state index in [0.29, 0.717) is 58.9 Å². The molecule has 2 aromatic carbocycles. The number of hydrogen-bond acceptors (Lipinski definition) is 18. The Kier molecular flexibility index (Phi) is 32.2. The highest BCUT2D eigenvalue weighted by Gasteiger charge is 2.41. The van der Waals surface area contributed by atoms with Crippen LogP contribution in [0.1, 0.15) is 242 Å². The molecule has 0 spiro atoms. The number of aliphatic hydroxyl groups excluding tert-OH is 4. The molecule has 6 heterocycles. The number of thiophene rings is 3. The molecule has 6 N–H and O–H groups in total. The summed E-state index contributed by atoms with van der Waals surface area (Å²) in [6, 6.07) is 30.2. The van der Waals surface area contributed by atoms with E-state index in [4.69, 9.17) is 19.3 Å². The second kappa shape index (κ2) is 40.3. The molecule has 9 rings (SSSR count). The molecule has 0 bridgehead atoms. The summed E-state index contributed by atoms with van der Waals surface area (Å²) < 4.78 is 15.4. The summed E-state index contributed by atoms with van der Waals surface area (Å²) in [4.78, 5) is 96.3. The fraction of sp³-hybridized carbons (Fsp3) is 0.539. The van der Waals surface area contributed by atoms with Crippen LogP contribution in [0.5, 0.6) is 5.88 Å². The number of amides is 2. The van der Waals surface area contributed by atoms with Crippen LogP contribution in [-0.2, 0) is 54.3 Å². The van der Waals surface area contributed by atoms with Crippen LogP contribution in [0.4, 0.5) is 11.4 Å². The predicted octanol–water partition coefficient (Wildman–Crippen LogP) is 14.7. The van der Waals surface area contributed by atoms with Crippen LogP contribution < -0.4 is 15.4 Å². The molecule has 2 amide bonds. The number of Topliss-reactive ketones (excluding diaryl/α,β-unsaturated/α-hetero) is 1. The topological polar surface area (TPSA) is 271 Å². The van der Waals surface area contributed by atoms with E-state index in [9.17, 15) is 54.0 Å². The summed E-state index contributed by atoms with van der Waals surface area (Å²) in [5, 5.41) is 49.5. The molecule has 3 aliphatic rings. The summed E-state index contributed by atoms with van der Waals surface area (Å²) in [6.07, 6.45) is 19.1. The molecule has 4 aromatic heterocycles. The maximum atomic E-state index is 12.6. The molecule has 0 radical (unpaired) electrons. The number of aromatic hydroxyl groups is 1. The van der Waals surface area contributed by atoms with E-state index in [2.05, 4.69) is 18.8 Å². The summed E-state index contributed by atoms with van der Waals surface area (Å²) in [7, 11) is 0. The highest BCUT2D eigenvalue weighted by molar-refractivity contribution is 7.14. The van der Waals surface area contributed by atoms with Gasteiger partial charge in [0.2, 0.25) is 11.8 Å². The van der Waals surface area contributed by atoms with Gasteiger partial charge in [0, 0.05) is 75.4 Å². The number of H-pyrrole nitrogens is 1. The lowest BCUT2D eigenvalue weighted by molar-refractivity contribution is -0.121. The molecule has 97 heavy (non-hydrogen) atoms. The van der Waals surface area contributed by atoms with Crippen molar-refractivity contribution in [2.75, 3.05) is 29.6 Å². The molecular weight excluding hydrogens is 1290 g/mol. The van der Waals surface area contributed by atoms with Crippen molar-refractivity contribution in [1.29, 1.82) is 0 Å². The quantitative estimate of drug-likeness (QED) is 0.0123. The molecule has 1 saturated carbocycles. The Morgan fingerprint density at radius 2 is 1.03 bits per heavy atom. The highest BCUT2D eigenvalue weighted by atomic mass is 32.1. The van der Waals surface area contributed by atoms with Crippen LogP contribution >= 0.6 is 34.0 Å². The van der Waals surface area contributed by atoms with Crippen molar-refractivity contribution >= 4 is 80.9 Å². The molecule has 528 valence electrons. The Balaban J connectivity index is 0.000000205. The third kappa shape index (κ3) is 24.2. The average Bonchev–Trinajstić information content (AvgIpc) is 1.76. The summed E-state index contributed by atoms with van der Waals surface area (Å²) >= 11 is 4.34. The Morgan fingerprint density at radius 1 is 0.567 bits per heavy atom. The van der Waals surface area contributed by atoms with Gasteiger partial charge in [-0.3, -0.25) is 24.2 Å². The molecular formula is C76H101N3O15S3. The van der Waals surface area contributed by atoms with Crippen molar-refractivity contribution in [3.05, 3.63) is 153 Å². The first kappa shape index (κ1) is 77.5. The van der Waals surface area contributed by atoms with Gasteiger partial charge < -0.3 is 49.5 Å². The van der Waals surface area contributed by atoms with E-state index in [-0.39, 0.29) is 90.6 Å². The number of unbranched alkanes of at least 4 members (excludes halogenated alkanes) is 4. The van der Waals surface area contributed by atoms with Crippen LogP contribution in [0.3, 0.4) is 0 Å². The van der Waals surface area contributed by atoms with E-state index in [1.165, 1.54) is 51.0 Å². The number of nitrogens with one attached hydrogen (secondary N) is 1. The molecule has 4 unspecified atom stereocenters. The van der Waals surface area contributed by atoms with E-state index in [1.807, 2.05) is 103 Å². The van der Waals surface area contributed by atoms with Crippen LogP contribution in [0.2, 0.25) is 0 Å². The highest BCUT2D eigenvalue weighted by Crippen LogP contribution is 2.38. The first-order valence-corrected chi connectivity index (χ1v) is 37.5. The van der Waals surface area contributed by atoms with Crippen molar-refractivity contribution in [2.24, 2.45) is 11.8 Å². The van der Waals surface area contributed by atoms with Crippen molar-refractivity contribution in [3.8, 4) is 5.88 Å². The number of ether oxygens (including phenoxy) is 3. The van der Waals surface area contributed by atoms with Gasteiger partial charge in [-0.05, 0) is 200 Å². The van der Waals surface area contributed by atoms with Crippen molar-refractivity contribution in [3.63, 3.8) is 0 Å². The van der Waals surface area contributed by atoms with Crippen molar-refractivity contribution in [1.82, 2.24) is 4.98 Å². The fourth-order valence-electron chi connectivity index (χ4n) is 13.0. The largest absolute Gasteiger partial charge is 0.495 e. The number of rotatable bonds is 35. The Bertz CT molecular complexity index is 3480. The summed E-state index contributed by atoms with van der Waals surface area (Å²) in [6.45, 7) is 10.2. The molecule has 6 aromatic rings. The number of pyridine rings is 1. The zero-order valence-electron chi connectivity index (χ0n) is 57.1. The monoisotopic (exact) mass is 1390 g/mol. The number of aromatic nitrogens is 1. The minimum atomic E-state index is -0.645. The summed E-state index contributed by atoms with van der Waals surface area (Å²) in [5.41, 5.74) is 3.94. The number of aryl methyl sites for hydroxylation is 4. The maximum absolute atomic E-state index is 12.6. The second-order valence-electron chi connectivity index (χ2n) is 25.8. The van der Waals surface area contributed by atoms with Crippen LogP contribution in [-0.4, -0.2) is 110 Å². The number of nitrogens with zero attached hydrogens (tertiary/aromatic N) is 2. The van der Waals surface area contributed by atoms with Gasteiger partial charge in [0.1, 0.15) is 27.0 Å². The van der Waals surface area contributed by atoms with Gasteiger partial charge in [-0.2, -0.15) is 0 Å². The number of esters is 3. The van der Waals surface area contributed by atoms with Gasteiger partial charge in [-0.1, -0.05) is 83.6 Å². The first-order valence-electron chi connectivity index (χ1n) is 35.0. The first-order chi connectivity index (χ1) is 46.8. The van der Waals surface area contributed by atoms with Crippen molar-refractivity contribution < 1.29 is 68.5 Å². The molecule has 2 aliphatic heterocycles. The number of aromatic amines is 1. The van der Waals surface area contributed by atoms with Gasteiger partial charge in [0.25, 0.3) is 5.56 Å². The second-order valence-corrected chi connectivity index (χ2v) is 29.3. The third-order valence-electron chi connectivity index (χ3n) is 18.0. The molecule has 18 nitrogen and oxygen atoms in total. The number of carbonyl (C=O) groups excluding carboxylic acids is 6. The maximum Gasteiger partial charge on any atom is 0.348 e. The normalized spacial score (nSPS) is 18.2. The van der Waals surface area contributed by atoms with Gasteiger partial charge in [-0.15, -0.1) is 34.0 Å². The van der Waals surface area contributed by atoms with Gasteiger partial charge >= 0.3 is 17.9 Å². The number of aliphatic hydroxyl groups is 4. The van der Waals surface area contributed by atoms with Crippen molar-refractivity contribution in [2.45, 2.75) is 232 Å². The predicted molar refractivity (Wildman–Crippen MR) is 382 cm³/mol. The standard InChI is InChI=1S/C27H37NO4S.C26H35NO5S.C23H29NO6S/c1-4-5-6-10-24(29)20-11-13-22(14-12-20)28-21(15-18-26(28)30)8-7-9-23-16-17-25(33-23)27(31)32-19(2)3;1-2-3-4-8-23(29)19-9-11-21(12-10-19)27-20(13-16-25(27)30)6-5-7-22-14-15-24(33-22)26(31)32-18-17-28;1-2-10-30-23(29)20-9-7-15(31-20)4-3-5-16-17(19(26)13-18(16)25)8-6-14-11-21(27)24-22(28)12-14/h11-14,16-17,19,21,24,29H,4-10,15,18H2,1-3H3;9-12,14-15,20,23,28-29H,2-8,13,16-18H2,1H3;7,9,11-12,16-18,25H,2-6,8,10,13H2,1H3,(H2,24,27,28)/t21-,24?;20-,23?;16?,17-,18?/m001/s1. The Hall–Kier alpha value is -6.85. The van der Waals surface area contributed by atoms with Gasteiger partial charge in [0.05, 0.1) is 37.6 Å². The van der Waals surface area contributed by atoms with E-state index >= 15 is 0 Å². The van der Waals surface area contributed by atoms with Crippen LogP contribution in [0.15, 0.2) is 102 Å².